The smallest absolute Gasteiger partial charge is 0.223 e. The Morgan fingerprint density at radius 2 is 1.44 bits per heavy atom. The van der Waals surface area contributed by atoms with E-state index in [1.165, 1.54) is 16.7 Å². The molecule has 0 spiro atoms. The summed E-state index contributed by atoms with van der Waals surface area (Å²) in [7, 11) is 0. The van der Waals surface area contributed by atoms with E-state index in [4.69, 9.17) is 0 Å². The highest BCUT2D eigenvalue weighted by Crippen LogP contribution is 2.21. The van der Waals surface area contributed by atoms with Crippen molar-refractivity contribution in [3.05, 3.63) is 143 Å². The fraction of sp³-hybridized carbons (Fsp3) is 0.308. The highest BCUT2D eigenvalue weighted by molar-refractivity contribution is 5.77. The summed E-state index contributed by atoms with van der Waals surface area (Å²) in [5, 5.41) is 12.4. The lowest BCUT2D eigenvalue weighted by atomic mass is 9.93. The molecule has 0 saturated carbocycles. The van der Waals surface area contributed by atoms with Crippen LogP contribution in [0.5, 0.6) is 0 Å². The van der Waals surface area contributed by atoms with Gasteiger partial charge in [-0.15, -0.1) is 0 Å². The zero-order valence-electron chi connectivity index (χ0n) is 26.1. The van der Waals surface area contributed by atoms with Crippen LogP contribution in [0.4, 0.5) is 0 Å². The van der Waals surface area contributed by atoms with Crippen LogP contribution in [0.1, 0.15) is 46.7 Å². The van der Waals surface area contributed by atoms with E-state index >= 15 is 0 Å². The molecule has 1 aliphatic heterocycles. The zero-order chi connectivity index (χ0) is 31.4. The molecule has 5 rings (SSSR count). The molecule has 1 fully saturated rings. The number of carbonyl (C=O) groups is 2. The van der Waals surface area contributed by atoms with Crippen LogP contribution in [0.3, 0.4) is 0 Å². The van der Waals surface area contributed by atoms with Gasteiger partial charge < -0.3 is 10.2 Å². The second-order valence-corrected chi connectivity index (χ2v) is 12.0. The van der Waals surface area contributed by atoms with Crippen LogP contribution in [0, 0.1) is 11.3 Å². The van der Waals surface area contributed by atoms with Gasteiger partial charge in [0.05, 0.1) is 11.6 Å². The van der Waals surface area contributed by atoms with E-state index in [1.807, 2.05) is 60.7 Å². The maximum atomic E-state index is 13.9. The van der Waals surface area contributed by atoms with Crippen molar-refractivity contribution in [2.24, 2.45) is 0 Å². The molecule has 4 aromatic carbocycles. The van der Waals surface area contributed by atoms with Gasteiger partial charge >= 0.3 is 0 Å². The summed E-state index contributed by atoms with van der Waals surface area (Å²) in [6.45, 7) is 4.75. The number of carbonyl (C=O) groups excluding carboxylic acids is 2. The predicted molar refractivity (Wildman–Crippen MR) is 178 cm³/mol. The number of piperazine rings is 1. The van der Waals surface area contributed by atoms with Crippen LogP contribution in [0.2, 0.25) is 0 Å². The first-order chi connectivity index (χ1) is 22.0. The summed E-state index contributed by atoms with van der Waals surface area (Å²) >= 11 is 0. The third kappa shape index (κ3) is 9.38. The van der Waals surface area contributed by atoms with Crippen LogP contribution in [0.15, 0.2) is 109 Å². The van der Waals surface area contributed by atoms with E-state index in [-0.39, 0.29) is 23.9 Å². The van der Waals surface area contributed by atoms with Gasteiger partial charge in [-0.2, -0.15) is 5.26 Å². The number of rotatable bonds is 12. The number of nitriles is 1. The summed E-state index contributed by atoms with van der Waals surface area (Å²) in [4.78, 5) is 30.4. The second-order valence-electron chi connectivity index (χ2n) is 12.0. The summed E-state index contributed by atoms with van der Waals surface area (Å²) in [5.74, 6) is 0.133. The molecule has 6 heteroatoms. The quantitative estimate of drug-likeness (QED) is 0.226. The SMILES string of the molecule is CC(=O)NC(Cc1ccccc1)Cc1ccccc1CCC(=O)N1CCN(Cc2ccccc2)CC1Cc1ccc(C#N)cc1. The molecular formula is C39H42N4O2. The minimum Gasteiger partial charge on any atom is -0.353 e. The molecule has 2 unspecified atom stereocenters. The Hall–Kier alpha value is -4.73. The van der Waals surface area contributed by atoms with Crippen LogP contribution < -0.4 is 5.32 Å². The van der Waals surface area contributed by atoms with E-state index < -0.39 is 0 Å². The number of nitrogens with zero attached hydrogens (tertiary/aromatic N) is 3. The Morgan fingerprint density at radius 1 is 0.800 bits per heavy atom. The zero-order valence-corrected chi connectivity index (χ0v) is 26.1. The monoisotopic (exact) mass is 598 g/mol. The molecule has 1 heterocycles. The van der Waals surface area contributed by atoms with E-state index in [0.717, 1.165) is 43.6 Å². The first-order valence-electron chi connectivity index (χ1n) is 15.9. The fourth-order valence-corrected chi connectivity index (χ4v) is 6.41. The van der Waals surface area contributed by atoms with E-state index in [1.54, 1.807) is 6.92 Å². The number of hydrogen-bond donors (Lipinski definition) is 1. The van der Waals surface area contributed by atoms with Crippen molar-refractivity contribution in [2.45, 2.75) is 57.7 Å². The van der Waals surface area contributed by atoms with Crippen LogP contribution in [0.25, 0.3) is 0 Å². The maximum Gasteiger partial charge on any atom is 0.223 e. The standard InChI is InChI=1S/C39H42N4O2/c1-30(44)41-37(24-31-10-4-2-5-11-31)26-36-15-9-8-14-35(36)20-21-39(45)43-23-22-42(28-34-12-6-3-7-13-34)29-38(43)25-32-16-18-33(27-40)19-17-32/h2-19,37-38H,20-26,28-29H2,1H3,(H,41,44). The van der Waals surface area contributed by atoms with Gasteiger partial charge in [-0.05, 0) is 65.6 Å². The Morgan fingerprint density at radius 3 is 2.11 bits per heavy atom. The minimum atomic E-state index is -0.0386. The number of nitrogens with one attached hydrogen (secondary N) is 1. The van der Waals surface area contributed by atoms with E-state index in [2.05, 4.69) is 69.7 Å². The molecule has 0 aliphatic carbocycles. The predicted octanol–water partition coefficient (Wildman–Crippen LogP) is 5.74. The topological polar surface area (TPSA) is 76.4 Å². The molecule has 2 atom stereocenters. The maximum absolute atomic E-state index is 13.9. The van der Waals surface area contributed by atoms with Crippen molar-refractivity contribution in [1.82, 2.24) is 15.1 Å². The summed E-state index contributed by atoms with van der Waals surface area (Å²) in [5.41, 5.74) is 6.55. The molecule has 2 amide bonds. The number of aryl methyl sites for hydroxylation is 1. The van der Waals surface area contributed by atoms with Crippen molar-refractivity contribution in [2.75, 3.05) is 19.6 Å². The highest BCUT2D eigenvalue weighted by Gasteiger charge is 2.30. The van der Waals surface area contributed by atoms with Crippen molar-refractivity contribution in [3.8, 4) is 6.07 Å². The lowest BCUT2D eigenvalue weighted by Crippen LogP contribution is -2.55. The van der Waals surface area contributed by atoms with Gasteiger partial charge in [-0.25, -0.2) is 0 Å². The largest absolute Gasteiger partial charge is 0.353 e. The molecule has 4 aromatic rings. The molecule has 45 heavy (non-hydrogen) atoms. The van der Waals surface area contributed by atoms with Crippen LogP contribution in [-0.4, -0.2) is 53.3 Å². The van der Waals surface area contributed by atoms with Gasteiger partial charge in [0.2, 0.25) is 11.8 Å². The summed E-state index contributed by atoms with van der Waals surface area (Å²) < 4.78 is 0. The van der Waals surface area contributed by atoms with Crippen molar-refractivity contribution < 1.29 is 9.59 Å². The number of benzene rings is 4. The Labute approximate surface area is 267 Å². The van der Waals surface area contributed by atoms with Crippen LogP contribution in [-0.2, 0) is 41.8 Å². The molecule has 1 saturated heterocycles. The fourth-order valence-electron chi connectivity index (χ4n) is 6.41. The molecule has 230 valence electrons. The summed E-state index contributed by atoms with van der Waals surface area (Å²) in [6.07, 6.45) is 3.29. The second kappa shape index (κ2) is 15.8. The van der Waals surface area contributed by atoms with Crippen molar-refractivity contribution >= 4 is 11.8 Å². The first kappa shape index (κ1) is 31.7. The van der Waals surface area contributed by atoms with E-state index in [9.17, 15) is 14.9 Å². The Kier molecular flexibility index (Phi) is 11.1. The molecular weight excluding hydrogens is 556 g/mol. The Bertz CT molecular complexity index is 1580. The molecule has 6 nitrogen and oxygen atoms in total. The lowest BCUT2D eigenvalue weighted by Gasteiger charge is -2.42. The van der Waals surface area contributed by atoms with Gasteiger partial charge in [0.15, 0.2) is 0 Å². The van der Waals surface area contributed by atoms with Crippen molar-refractivity contribution in [1.29, 1.82) is 5.26 Å². The first-order valence-corrected chi connectivity index (χ1v) is 15.9. The highest BCUT2D eigenvalue weighted by atomic mass is 16.2. The molecule has 0 bridgehead atoms. The molecule has 1 aliphatic rings. The normalized spacial score (nSPS) is 15.6. The van der Waals surface area contributed by atoms with E-state index in [0.29, 0.717) is 31.4 Å². The van der Waals surface area contributed by atoms with Gasteiger partial charge in [0.1, 0.15) is 0 Å². The van der Waals surface area contributed by atoms with Gasteiger partial charge in [0, 0.05) is 51.6 Å². The number of hydrogen-bond acceptors (Lipinski definition) is 4. The lowest BCUT2D eigenvalue weighted by molar-refractivity contribution is -0.136. The van der Waals surface area contributed by atoms with Crippen LogP contribution >= 0.6 is 0 Å². The van der Waals surface area contributed by atoms with Gasteiger partial charge in [0.25, 0.3) is 0 Å². The molecule has 0 aromatic heterocycles. The van der Waals surface area contributed by atoms with Crippen molar-refractivity contribution in [3.63, 3.8) is 0 Å². The summed E-state index contributed by atoms with van der Waals surface area (Å²) in [6, 6.07) is 39.0. The minimum absolute atomic E-state index is 0.0313. The van der Waals surface area contributed by atoms with Gasteiger partial charge in [-0.3, -0.25) is 14.5 Å². The Balaban J connectivity index is 1.27. The molecule has 1 N–H and O–H groups in total. The third-order valence-corrected chi connectivity index (χ3v) is 8.62. The molecule has 0 radical (unpaired) electrons. The van der Waals surface area contributed by atoms with Gasteiger partial charge in [-0.1, -0.05) is 97.1 Å². The number of amides is 2. The average molecular weight is 599 g/mol. The third-order valence-electron chi connectivity index (χ3n) is 8.62. The average Bonchev–Trinajstić information content (AvgIpc) is 3.05.